The molecule has 1 saturated heterocycles. The van der Waals surface area contributed by atoms with Crippen LogP contribution in [0, 0.1) is 16.7 Å². The first-order valence-electron chi connectivity index (χ1n) is 20.0. The standard InChI is InChI=1S/C46H51NO13/c1-25-30(58-42(54)36(50)34(27-16-10-7-11-17-27)47-40(52)28-18-12-8-13-19-28)23-46(55)39(59-41(53)29-20-14-9-15-21-29)37-44(5,38(51)35(49)33(25)43(46,3)4)31(56-6)22-32-45(37,24-57-32)60-26(2)48/h7-21,30-32,34-37,39,49-50,55H,22-24H2,1-6H3,(H,47,52). The number of methoxy groups -OCH3 is 1. The number of benzene rings is 3. The highest BCUT2D eigenvalue weighted by atomic mass is 16.6. The quantitative estimate of drug-likeness (QED) is 0.131. The first-order chi connectivity index (χ1) is 28.4. The molecule has 2 bridgehead atoms. The molecular weight excluding hydrogens is 774 g/mol. The highest BCUT2D eigenvalue weighted by molar-refractivity contribution is 5.95. The summed E-state index contributed by atoms with van der Waals surface area (Å²) >= 11 is 0. The normalized spacial score (nSPS) is 32.6. The number of Topliss-reactive ketones (excluding diaryl/α,β-unsaturated/α-hetero) is 1. The number of aliphatic hydroxyl groups is 3. The van der Waals surface area contributed by atoms with Gasteiger partial charge in [0.1, 0.15) is 30.0 Å². The molecule has 14 nitrogen and oxygen atoms in total. The first kappa shape index (κ1) is 42.9. The van der Waals surface area contributed by atoms with Crippen LogP contribution in [0.25, 0.3) is 0 Å². The summed E-state index contributed by atoms with van der Waals surface area (Å²) in [5.74, 6) is -5.50. The van der Waals surface area contributed by atoms with E-state index in [4.69, 9.17) is 23.7 Å². The van der Waals surface area contributed by atoms with Gasteiger partial charge in [0.2, 0.25) is 0 Å². The lowest BCUT2D eigenvalue weighted by molar-refractivity contribution is -0.347. The number of rotatable bonds is 10. The average molecular weight is 826 g/mol. The predicted octanol–water partition coefficient (Wildman–Crippen LogP) is 3.82. The molecule has 4 N–H and O–H groups in total. The summed E-state index contributed by atoms with van der Waals surface area (Å²) in [7, 11) is 1.39. The Morgan fingerprint density at radius 3 is 2.02 bits per heavy atom. The summed E-state index contributed by atoms with van der Waals surface area (Å²) in [6.45, 7) is 7.26. The van der Waals surface area contributed by atoms with E-state index in [0.717, 1.165) is 0 Å². The summed E-state index contributed by atoms with van der Waals surface area (Å²) in [6, 6.07) is 23.3. The molecular formula is C46H51NO13. The molecule has 2 saturated carbocycles. The summed E-state index contributed by atoms with van der Waals surface area (Å²) in [6.07, 6.45) is -9.29. The summed E-state index contributed by atoms with van der Waals surface area (Å²) in [4.78, 5) is 70.0. The van der Waals surface area contributed by atoms with Crippen LogP contribution in [0.2, 0.25) is 0 Å². The van der Waals surface area contributed by atoms with Crippen LogP contribution in [-0.4, -0.2) is 106 Å². The molecule has 60 heavy (non-hydrogen) atoms. The Morgan fingerprint density at radius 2 is 1.47 bits per heavy atom. The summed E-state index contributed by atoms with van der Waals surface area (Å²) in [5, 5.41) is 40.4. The Hall–Kier alpha value is -5.25. The molecule has 0 spiro atoms. The minimum absolute atomic E-state index is 0.00865. The fourth-order valence-corrected chi connectivity index (χ4v) is 10.3. The van der Waals surface area contributed by atoms with Crippen LogP contribution in [0.4, 0.5) is 0 Å². The molecule has 7 rings (SSSR count). The van der Waals surface area contributed by atoms with Crippen molar-refractivity contribution in [3.63, 3.8) is 0 Å². The second kappa shape index (κ2) is 16.0. The molecule has 14 heteroatoms. The van der Waals surface area contributed by atoms with Crippen LogP contribution in [0.15, 0.2) is 102 Å². The number of hydrogen-bond acceptors (Lipinski definition) is 13. The van der Waals surface area contributed by atoms with Gasteiger partial charge < -0.3 is 44.3 Å². The smallest absolute Gasteiger partial charge is 0.338 e. The lowest BCUT2D eigenvalue weighted by atomic mass is 9.44. The summed E-state index contributed by atoms with van der Waals surface area (Å²) in [5.41, 5.74) is -6.29. The van der Waals surface area contributed by atoms with E-state index in [9.17, 15) is 34.5 Å². The van der Waals surface area contributed by atoms with Crippen molar-refractivity contribution in [1.82, 2.24) is 5.32 Å². The fourth-order valence-electron chi connectivity index (χ4n) is 10.3. The van der Waals surface area contributed by atoms with Gasteiger partial charge in [-0.1, -0.05) is 80.6 Å². The molecule has 11 unspecified atom stereocenters. The number of ketones is 1. The second-order valence-electron chi connectivity index (χ2n) is 17.0. The topological polar surface area (TPSA) is 204 Å². The molecule has 1 aliphatic heterocycles. The third-order valence-corrected chi connectivity index (χ3v) is 13.5. The van der Waals surface area contributed by atoms with Crippen LogP contribution in [-0.2, 0) is 38.1 Å². The van der Waals surface area contributed by atoms with Crippen molar-refractivity contribution in [3.05, 3.63) is 119 Å². The van der Waals surface area contributed by atoms with Crippen molar-refractivity contribution in [2.45, 2.75) is 101 Å². The number of aliphatic hydroxyl groups excluding tert-OH is 2. The molecule has 3 aromatic carbocycles. The van der Waals surface area contributed by atoms with Gasteiger partial charge in [0.15, 0.2) is 17.5 Å². The highest BCUT2D eigenvalue weighted by Crippen LogP contribution is 2.64. The van der Waals surface area contributed by atoms with Gasteiger partial charge >= 0.3 is 17.9 Å². The molecule has 11 atom stereocenters. The molecule has 3 aromatic rings. The maximum atomic E-state index is 15.2. The van der Waals surface area contributed by atoms with Crippen molar-refractivity contribution < 1.29 is 63.0 Å². The monoisotopic (exact) mass is 825 g/mol. The number of fused-ring (bicyclic) bond motifs is 5. The van der Waals surface area contributed by atoms with E-state index < -0.39 is 107 Å². The SMILES string of the molecule is COC1CC2OCC2(OC(C)=O)C2C(OC(=O)c3ccccc3)C3(O)CC(OC(=O)C(O)C(NC(=O)c4ccccc4)c4ccccc4)C(C)=C(C(O)C(=O)C12C)C3(C)C. The fraction of sp³-hybridized carbons (Fsp3) is 0.457. The zero-order valence-corrected chi connectivity index (χ0v) is 34.3. The number of ether oxygens (including phenoxy) is 5. The lowest BCUT2D eigenvalue weighted by Gasteiger charge is -2.67. The van der Waals surface area contributed by atoms with Gasteiger partial charge in [-0.15, -0.1) is 0 Å². The summed E-state index contributed by atoms with van der Waals surface area (Å²) < 4.78 is 30.5. The average Bonchev–Trinajstić information content (AvgIpc) is 3.23. The van der Waals surface area contributed by atoms with Gasteiger partial charge in [0.25, 0.3) is 5.91 Å². The third-order valence-electron chi connectivity index (χ3n) is 13.5. The maximum Gasteiger partial charge on any atom is 0.338 e. The van der Waals surface area contributed by atoms with E-state index in [2.05, 4.69) is 5.32 Å². The van der Waals surface area contributed by atoms with E-state index in [0.29, 0.717) is 5.56 Å². The Morgan fingerprint density at radius 1 is 0.883 bits per heavy atom. The number of hydrogen-bond donors (Lipinski definition) is 4. The van der Waals surface area contributed by atoms with Gasteiger partial charge in [0, 0.05) is 37.9 Å². The first-order valence-corrected chi connectivity index (χ1v) is 20.0. The van der Waals surface area contributed by atoms with Crippen molar-refractivity contribution in [3.8, 4) is 0 Å². The molecule has 318 valence electrons. The van der Waals surface area contributed by atoms with Crippen LogP contribution >= 0.6 is 0 Å². The van der Waals surface area contributed by atoms with E-state index in [1.165, 1.54) is 26.2 Å². The van der Waals surface area contributed by atoms with Crippen molar-refractivity contribution in [2.24, 2.45) is 16.7 Å². The van der Waals surface area contributed by atoms with Crippen LogP contribution in [0.1, 0.15) is 79.8 Å². The maximum absolute atomic E-state index is 15.2. The second-order valence-corrected chi connectivity index (χ2v) is 17.0. The largest absolute Gasteiger partial charge is 0.456 e. The number of amides is 1. The van der Waals surface area contributed by atoms with Gasteiger partial charge in [0.05, 0.1) is 35.6 Å². The van der Waals surface area contributed by atoms with E-state index in [1.54, 1.807) is 107 Å². The zero-order chi connectivity index (χ0) is 43.4. The third kappa shape index (κ3) is 6.84. The minimum atomic E-state index is -2.29. The molecule has 1 amide bonds. The Kier molecular flexibility index (Phi) is 11.4. The van der Waals surface area contributed by atoms with E-state index in [1.807, 2.05) is 0 Å². The van der Waals surface area contributed by atoms with Crippen molar-refractivity contribution >= 4 is 29.6 Å². The van der Waals surface area contributed by atoms with E-state index >= 15 is 4.79 Å². The number of carbonyl (C=O) groups excluding carboxylic acids is 5. The molecule has 3 aliphatic carbocycles. The molecule has 0 radical (unpaired) electrons. The number of carbonyl (C=O) groups is 5. The molecule has 0 aromatic heterocycles. The van der Waals surface area contributed by atoms with Gasteiger partial charge in [-0.2, -0.15) is 0 Å². The Labute approximate surface area is 347 Å². The Bertz CT molecular complexity index is 2180. The van der Waals surface area contributed by atoms with Crippen LogP contribution in [0.5, 0.6) is 0 Å². The molecule has 3 fully saturated rings. The highest BCUT2D eigenvalue weighted by Gasteiger charge is 2.78. The predicted molar refractivity (Wildman–Crippen MR) is 213 cm³/mol. The zero-order valence-electron chi connectivity index (χ0n) is 34.3. The molecule has 4 aliphatic rings. The van der Waals surface area contributed by atoms with Crippen molar-refractivity contribution in [1.29, 1.82) is 0 Å². The van der Waals surface area contributed by atoms with Gasteiger partial charge in [-0.05, 0) is 54.8 Å². The minimum Gasteiger partial charge on any atom is -0.456 e. The van der Waals surface area contributed by atoms with E-state index in [-0.39, 0.29) is 35.3 Å². The van der Waals surface area contributed by atoms with Gasteiger partial charge in [-0.25, -0.2) is 9.59 Å². The Balaban J connectivity index is 1.35. The lowest BCUT2D eigenvalue weighted by Crippen LogP contribution is -2.82. The van der Waals surface area contributed by atoms with Gasteiger partial charge in [-0.3, -0.25) is 14.4 Å². The van der Waals surface area contributed by atoms with Crippen LogP contribution < -0.4 is 5.32 Å². The number of esters is 3. The van der Waals surface area contributed by atoms with Crippen molar-refractivity contribution in [2.75, 3.05) is 13.7 Å². The molecule has 1 heterocycles. The number of nitrogens with one attached hydrogen (secondary N) is 1. The van der Waals surface area contributed by atoms with Crippen LogP contribution in [0.3, 0.4) is 0 Å².